The van der Waals surface area contributed by atoms with Gasteiger partial charge in [-0.25, -0.2) is 0 Å². The fourth-order valence-electron chi connectivity index (χ4n) is 1.49. The summed E-state index contributed by atoms with van der Waals surface area (Å²) in [6.45, 7) is 1.27. The Kier molecular flexibility index (Phi) is 9.37. The third kappa shape index (κ3) is 8.65. The lowest BCUT2D eigenvalue weighted by atomic mass is 10.1. The van der Waals surface area contributed by atoms with Gasteiger partial charge in [-0.1, -0.05) is 6.42 Å². The monoisotopic (exact) mass is 244 g/mol. The Balaban J connectivity index is 3.75. The van der Waals surface area contributed by atoms with E-state index in [1.54, 1.807) is 7.05 Å². The number of nitrogens with two attached hydrogens (primary N) is 1. The zero-order valence-corrected chi connectivity index (χ0v) is 10.7. The van der Waals surface area contributed by atoms with Gasteiger partial charge in [0.2, 0.25) is 11.8 Å². The van der Waals surface area contributed by atoms with E-state index in [-0.39, 0.29) is 18.4 Å². The maximum atomic E-state index is 11.7. The Morgan fingerprint density at radius 1 is 1.18 bits per heavy atom. The zero-order valence-electron chi connectivity index (χ0n) is 10.7. The van der Waals surface area contributed by atoms with Crippen LogP contribution in [0.25, 0.3) is 0 Å². The second-order valence-electron chi connectivity index (χ2n) is 3.95. The predicted octanol–water partition coefficient (Wildman–Crippen LogP) is -1.04. The first kappa shape index (κ1) is 15.9. The molecule has 0 aromatic rings. The lowest BCUT2D eigenvalue weighted by Crippen LogP contribution is -2.43. The quantitative estimate of drug-likeness (QED) is 0.369. The van der Waals surface area contributed by atoms with Crippen molar-refractivity contribution in [3.63, 3.8) is 0 Å². The van der Waals surface area contributed by atoms with Crippen molar-refractivity contribution in [2.24, 2.45) is 5.73 Å². The molecule has 0 aromatic heterocycles. The molecule has 0 bridgehead atoms. The molecular weight excluding hydrogens is 220 g/mol. The van der Waals surface area contributed by atoms with Crippen molar-refractivity contribution in [1.82, 2.24) is 16.0 Å². The molecule has 5 N–H and O–H groups in total. The molecule has 6 heteroatoms. The number of unbranched alkanes of at least 4 members (excludes halogenated alkanes) is 1. The van der Waals surface area contributed by atoms with Crippen molar-refractivity contribution in [2.75, 3.05) is 27.2 Å². The summed E-state index contributed by atoms with van der Waals surface area (Å²) in [5, 5.41) is 8.72. The van der Waals surface area contributed by atoms with Gasteiger partial charge in [-0.3, -0.25) is 9.59 Å². The summed E-state index contributed by atoms with van der Waals surface area (Å²) in [6, 6.07) is -0.195. The molecule has 0 radical (unpaired) electrons. The second kappa shape index (κ2) is 10.0. The van der Waals surface area contributed by atoms with Crippen molar-refractivity contribution in [3.05, 3.63) is 0 Å². The summed E-state index contributed by atoms with van der Waals surface area (Å²) in [4.78, 5) is 22.2. The molecule has 1 atom stereocenters. The summed E-state index contributed by atoms with van der Waals surface area (Å²) in [7, 11) is 3.67. The third-order valence-electron chi connectivity index (χ3n) is 2.51. The van der Waals surface area contributed by atoms with Crippen molar-refractivity contribution < 1.29 is 9.59 Å². The molecule has 0 fully saturated rings. The average molecular weight is 244 g/mol. The first-order valence-corrected chi connectivity index (χ1v) is 5.99. The molecule has 0 saturated heterocycles. The van der Waals surface area contributed by atoms with Crippen LogP contribution in [0.15, 0.2) is 0 Å². The number of primary amides is 1. The van der Waals surface area contributed by atoms with Crippen LogP contribution < -0.4 is 21.7 Å². The first-order valence-electron chi connectivity index (χ1n) is 5.99. The van der Waals surface area contributed by atoms with Gasteiger partial charge < -0.3 is 21.7 Å². The van der Waals surface area contributed by atoms with E-state index in [0.29, 0.717) is 6.54 Å². The van der Waals surface area contributed by atoms with E-state index in [1.165, 1.54) is 0 Å². The molecular formula is C11H24N4O2. The van der Waals surface area contributed by atoms with Crippen molar-refractivity contribution in [2.45, 2.75) is 31.7 Å². The molecule has 2 amide bonds. The summed E-state index contributed by atoms with van der Waals surface area (Å²) in [5.41, 5.74) is 4.99. The SMILES string of the molecule is CNCCCCC(NC)C(=O)NCCC(N)=O. The predicted molar refractivity (Wildman–Crippen MR) is 67.4 cm³/mol. The molecule has 1 unspecified atom stereocenters. The molecule has 100 valence electrons. The Bertz CT molecular complexity index is 234. The van der Waals surface area contributed by atoms with Crippen LogP contribution in [0, 0.1) is 0 Å². The highest BCUT2D eigenvalue weighted by atomic mass is 16.2. The molecule has 0 rings (SSSR count). The van der Waals surface area contributed by atoms with Crippen LogP contribution in [0.2, 0.25) is 0 Å². The molecule has 0 aromatic carbocycles. The lowest BCUT2D eigenvalue weighted by molar-refractivity contribution is -0.123. The fourth-order valence-corrected chi connectivity index (χ4v) is 1.49. The Hall–Kier alpha value is -1.14. The minimum Gasteiger partial charge on any atom is -0.370 e. The zero-order chi connectivity index (χ0) is 13.1. The normalized spacial score (nSPS) is 12.1. The van der Waals surface area contributed by atoms with E-state index in [9.17, 15) is 9.59 Å². The summed E-state index contributed by atoms with van der Waals surface area (Å²) >= 11 is 0. The van der Waals surface area contributed by atoms with Crippen LogP contribution in [-0.2, 0) is 9.59 Å². The number of carbonyl (C=O) groups excluding carboxylic acids is 2. The van der Waals surface area contributed by atoms with E-state index < -0.39 is 5.91 Å². The van der Waals surface area contributed by atoms with Gasteiger partial charge >= 0.3 is 0 Å². The van der Waals surface area contributed by atoms with Crippen LogP contribution in [0.4, 0.5) is 0 Å². The average Bonchev–Trinajstić information content (AvgIpc) is 2.28. The van der Waals surface area contributed by atoms with E-state index >= 15 is 0 Å². The number of nitrogens with one attached hydrogen (secondary N) is 3. The van der Waals surface area contributed by atoms with E-state index in [0.717, 1.165) is 25.8 Å². The van der Waals surface area contributed by atoms with Crippen LogP contribution in [0.1, 0.15) is 25.7 Å². The second-order valence-corrected chi connectivity index (χ2v) is 3.95. The van der Waals surface area contributed by atoms with Crippen molar-refractivity contribution in [3.8, 4) is 0 Å². The fraction of sp³-hybridized carbons (Fsp3) is 0.818. The maximum absolute atomic E-state index is 11.7. The summed E-state index contributed by atoms with van der Waals surface area (Å²) < 4.78 is 0. The van der Waals surface area contributed by atoms with Gasteiger partial charge in [0.05, 0.1) is 6.04 Å². The molecule has 17 heavy (non-hydrogen) atoms. The van der Waals surface area contributed by atoms with Gasteiger partial charge in [0, 0.05) is 13.0 Å². The molecule has 0 aliphatic carbocycles. The van der Waals surface area contributed by atoms with Crippen molar-refractivity contribution in [1.29, 1.82) is 0 Å². The van der Waals surface area contributed by atoms with Crippen LogP contribution in [0.5, 0.6) is 0 Å². The van der Waals surface area contributed by atoms with Gasteiger partial charge in [0.25, 0.3) is 0 Å². The lowest BCUT2D eigenvalue weighted by Gasteiger charge is -2.15. The topological polar surface area (TPSA) is 96.2 Å². The highest BCUT2D eigenvalue weighted by Crippen LogP contribution is 2.00. The number of rotatable bonds is 10. The minimum absolute atomic E-state index is 0.0711. The maximum Gasteiger partial charge on any atom is 0.237 e. The molecule has 0 aliphatic rings. The van der Waals surface area contributed by atoms with Crippen LogP contribution in [0.3, 0.4) is 0 Å². The van der Waals surface area contributed by atoms with Gasteiger partial charge in [-0.05, 0) is 33.5 Å². The smallest absolute Gasteiger partial charge is 0.237 e. The van der Waals surface area contributed by atoms with E-state index in [4.69, 9.17) is 5.73 Å². The van der Waals surface area contributed by atoms with E-state index in [2.05, 4.69) is 16.0 Å². The first-order chi connectivity index (χ1) is 8.11. The summed E-state index contributed by atoms with van der Waals surface area (Å²) in [5.74, 6) is -0.474. The van der Waals surface area contributed by atoms with Crippen LogP contribution in [-0.4, -0.2) is 45.0 Å². The Morgan fingerprint density at radius 3 is 2.41 bits per heavy atom. The molecule has 6 nitrogen and oxygen atoms in total. The highest BCUT2D eigenvalue weighted by Gasteiger charge is 2.15. The van der Waals surface area contributed by atoms with E-state index in [1.807, 2.05) is 7.05 Å². The molecule has 0 saturated carbocycles. The third-order valence-corrected chi connectivity index (χ3v) is 2.51. The van der Waals surface area contributed by atoms with Crippen molar-refractivity contribution >= 4 is 11.8 Å². The van der Waals surface area contributed by atoms with Crippen LogP contribution >= 0.6 is 0 Å². The van der Waals surface area contributed by atoms with Gasteiger partial charge in [-0.2, -0.15) is 0 Å². The Morgan fingerprint density at radius 2 is 1.88 bits per heavy atom. The molecule has 0 aliphatic heterocycles. The van der Waals surface area contributed by atoms with Gasteiger partial charge in [-0.15, -0.1) is 0 Å². The Labute approximate surface area is 103 Å². The molecule has 0 heterocycles. The number of hydrogen-bond donors (Lipinski definition) is 4. The molecule has 0 spiro atoms. The number of hydrogen-bond acceptors (Lipinski definition) is 4. The van der Waals surface area contributed by atoms with Gasteiger partial charge in [0.15, 0.2) is 0 Å². The number of likely N-dealkylation sites (N-methyl/N-ethyl adjacent to an activating group) is 1. The number of amides is 2. The minimum atomic E-state index is -0.402. The number of carbonyl (C=O) groups is 2. The highest BCUT2D eigenvalue weighted by molar-refractivity contribution is 5.82. The summed E-state index contributed by atoms with van der Waals surface area (Å²) in [6.07, 6.45) is 3.00. The standard InChI is InChI=1S/C11H24N4O2/c1-13-7-4-3-5-9(14-2)11(17)15-8-6-10(12)16/h9,13-14H,3-8H2,1-2H3,(H2,12,16)(H,15,17). The largest absolute Gasteiger partial charge is 0.370 e. The van der Waals surface area contributed by atoms with Gasteiger partial charge in [0.1, 0.15) is 0 Å².